The number of rotatable bonds is 5. The molecule has 0 aliphatic heterocycles. The number of aldehydes is 1. The van der Waals surface area contributed by atoms with Gasteiger partial charge in [0, 0.05) is 25.4 Å². The molecule has 0 aromatic carbocycles. The van der Waals surface area contributed by atoms with E-state index < -0.39 is 0 Å². The largest absolute Gasteiger partial charge is 0.381 e. The summed E-state index contributed by atoms with van der Waals surface area (Å²) >= 11 is 0. The van der Waals surface area contributed by atoms with Crippen molar-refractivity contribution in [2.45, 2.75) is 13.3 Å². The number of carbonyl (C=O) groups is 1. The number of aromatic nitrogens is 2. The minimum absolute atomic E-state index is 0.500. The van der Waals surface area contributed by atoms with Crippen LogP contribution in [0.3, 0.4) is 0 Å². The monoisotopic (exact) mass is 180 g/mol. The predicted molar refractivity (Wildman–Crippen MR) is 47.6 cm³/mol. The van der Waals surface area contributed by atoms with Crippen LogP contribution in [-0.2, 0) is 11.2 Å². The third-order valence-electron chi connectivity index (χ3n) is 1.54. The van der Waals surface area contributed by atoms with Gasteiger partial charge in [0.15, 0.2) is 6.29 Å². The topological polar surface area (TPSA) is 52.1 Å². The maximum atomic E-state index is 10.3. The SMILES string of the molecule is CCOCCc1ncc(C=O)cn1. The molecule has 0 spiro atoms. The summed E-state index contributed by atoms with van der Waals surface area (Å²) < 4.78 is 5.14. The van der Waals surface area contributed by atoms with Crippen molar-refractivity contribution < 1.29 is 9.53 Å². The van der Waals surface area contributed by atoms with E-state index in [2.05, 4.69) is 9.97 Å². The maximum absolute atomic E-state index is 10.3. The maximum Gasteiger partial charge on any atom is 0.153 e. The molecule has 0 unspecified atom stereocenters. The molecule has 0 amide bonds. The Balaban J connectivity index is 2.44. The molecule has 4 heteroatoms. The van der Waals surface area contributed by atoms with Crippen LogP contribution in [0.2, 0.25) is 0 Å². The molecule has 0 aliphatic carbocycles. The quantitative estimate of drug-likeness (QED) is 0.498. The van der Waals surface area contributed by atoms with Gasteiger partial charge in [0.05, 0.1) is 12.2 Å². The van der Waals surface area contributed by atoms with Crippen molar-refractivity contribution >= 4 is 6.29 Å². The fourth-order valence-corrected chi connectivity index (χ4v) is 0.863. The van der Waals surface area contributed by atoms with Gasteiger partial charge in [-0.15, -0.1) is 0 Å². The normalized spacial score (nSPS) is 9.92. The van der Waals surface area contributed by atoms with Gasteiger partial charge < -0.3 is 4.74 Å². The van der Waals surface area contributed by atoms with E-state index in [0.29, 0.717) is 31.0 Å². The Labute approximate surface area is 77.0 Å². The summed E-state index contributed by atoms with van der Waals surface area (Å²) in [5, 5.41) is 0. The summed E-state index contributed by atoms with van der Waals surface area (Å²) in [7, 11) is 0. The van der Waals surface area contributed by atoms with Crippen molar-refractivity contribution in [2.24, 2.45) is 0 Å². The zero-order valence-electron chi connectivity index (χ0n) is 7.56. The number of carbonyl (C=O) groups excluding carboxylic acids is 1. The number of nitrogens with zero attached hydrogens (tertiary/aromatic N) is 2. The Morgan fingerprint density at radius 2 is 2.15 bits per heavy atom. The molecular formula is C9H12N2O2. The summed E-state index contributed by atoms with van der Waals surface area (Å²) in [4.78, 5) is 18.3. The first-order valence-electron chi connectivity index (χ1n) is 4.20. The molecule has 0 saturated heterocycles. The molecule has 1 aromatic heterocycles. The van der Waals surface area contributed by atoms with Gasteiger partial charge in [-0.1, -0.05) is 0 Å². The fraction of sp³-hybridized carbons (Fsp3) is 0.444. The second-order valence-electron chi connectivity index (χ2n) is 2.50. The van der Waals surface area contributed by atoms with Gasteiger partial charge in [0.25, 0.3) is 0 Å². The van der Waals surface area contributed by atoms with Crippen LogP contribution in [0, 0.1) is 0 Å². The predicted octanol–water partition coefficient (Wildman–Crippen LogP) is 0.868. The number of hydrogen-bond acceptors (Lipinski definition) is 4. The molecule has 0 aliphatic rings. The molecule has 0 radical (unpaired) electrons. The number of hydrogen-bond donors (Lipinski definition) is 0. The van der Waals surface area contributed by atoms with E-state index in [-0.39, 0.29) is 0 Å². The van der Waals surface area contributed by atoms with E-state index in [1.54, 1.807) is 0 Å². The summed E-state index contributed by atoms with van der Waals surface area (Å²) in [6.45, 7) is 3.26. The minimum atomic E-state index is 0.500. The molecule has 1 heterocycles. The highest BCUT2D eigenvalue weighted by Crippen LogP contribution is 1.94. The van der Waals surface area contributed by atoms with Crippen LogP contribution in [0.1, 0.15) is 23.1 Å². The Kier molecular flexibility index (Phi) is 4.05. The van der Waals surface area contributed by atoms with Gasteiger partial charge in [0.1, 0.15) is 5.82 Å². The van der Waals surface area contributed by atoms with E-state index >= 15 is 0 Å². The van der Waals surface area contributed by atoms with Gasteiger partial charge in [-0.2, -0.15) is 0 Å². The van der Waals surface area contributed by atoms with E-state index in [1.165, 1.54) is 12.4 Å². The third kappa shape index (κ3) is 3.29. The van der Waals surface area contributed by atoms with Gasteiger partial charge in [0.2, 0.25) is 0 Å². The van der Waals surface area contributed by atoms with Crippen LogP contribution in [0.15, 0.2) is 12.4 Å². The minimum Gasteiger partial charge on any atom is -0.381 e. The zero-order valence-corrected chi connectivity index (χ0v) is 7.56. The van der Waals surface area contributed by atoms with Crippen LogP contribution in [-0.4, -0.2) is 29.5 Å². The summed E-state index contributed by atoms with van der Waals surface area (Å²) in [5.74, 6) is 0.707. The van der Waals surface area contributed by atoms with Crippen LogP contribution in [0.4, 0.5) is 0 Å². The number of ether oxygens (including phenoxy) is 1. The lowest BCUT2D eigenvalue weighted by atomic mass is 10.3. The van der Waals surface area contributed by atoms with E-state index in [1.807, 2.05) is 6.92 Å². The zero-order chi connectivity index (χ0) is 9.52. The Bertz CT molecular complexity index is 259. The molecule has 0 fully saturated rings. The molecule has 0 N–H and O–H groups in total. The molecular weight excluding hydrogens is 168 g/mol. The average molecular weight is 180 g/mol. The molecule has 0 bridgehead atoms. The van der Waals surface area contributed by atoms with E-state index in [9.17, 15) is 4.79 Å². The average Bonchev–Trinajstić information content (AvgIpc) is 2.19. The van der Waals surface area contributed by atoms with E-state index in [0.717, 1.165) is 6.29 Å². The highest BCUT2D eigenvalue weighted by Gasteiger charge is 1.96. The second kappa shape index (κ2) is 5.37. The van der Waals surface area contributed by atoms with Crippen LogP contribution in [0.25, 0.3) is 0 Å². The van der Waals surface area contributed by atoms with Crippen molar-refractivity contribution in [3.8, 4) is 0 Å². The molecule has 1 rings (SSSR count). The lowest BCUT2D eigenvalue weighted by Gasteiger charge is -1.99. The highest BCUT2D eigenvalue weighted by molar-refractivity contribution is 5.73. The first kappa shape index (κ1) is 9.80. The van der Waals surface area contributed by atoms with E-state index in [4.69, 9.17) is 4.74 Å². The molecule has 1 aromatic rings. The standard InChI is InChI=1S/C9H12N2O2/c1-2-13-4-3-9-10-5-8(7-12)6-11-9/h5-7H,2-4H2,1H3. The summed E-state index contributed by atoms with van der Waals surface area (Å²) in [6.07, 6.45) is 4.45. The third-order valence-corrected chi connectivity index (χ3v) is 1.54. The Morgan fingerprint density at radius 1 is 1.46 bits per heavy atom. The second-order valence-corrected chi connectivity index (χ2v) is 2.50. The Hall–Kier alpha value is -1.29. The van der Waals surface area contributed by atoms with Gasteiger partial charge in [-0.25, -0.2) is 9.97 Å². The molecule has 4 nitrogen and oxygen atoms in total. The van der Waals surface area contributed by atoms with Gasteiger partial charge in [-0.05, 0) is 6.92 Å². The first-order valence-corrected chi connectivity index (χ1v) is 4.20. The van der Waals surface area contributed by atoms with Crippen LogP contribution < -0.4 is 0 Å². The summed E-state index contributed by atoms with van der Waals surface area (Å²) in [5.41, 5.74) is 0.500. The summed E-state index contributed by atoms with van der Waals surface area (Å²) in [6, 6.07) is 0. The first-order chi connectivity index (χ1) is 6.36. The lowest BCUT2D eigenvalue weighted by molar-refractivity contribution is 0.112. The smallest absolute Gasteiger partial charge is 0.153 e. The Morgan fingerprint density at radius 3 is 2.69 bits per heavy atom. The molecule has 70 valence electrons. The lowest BCUT2D eigenvalue weighted by Crippen LogP contribution is -2.02. The molecule has 13 heavy (non-hydrogen) atoms. The van der Waals surface area contributed by atoms with Crippen molar-refractivity contribution in [1.82, 2.24) is 9.97 Å². The van der Waals surface area contributed by atoms with Crippen molar-refractivity contribution in [3.63, 3.8) is 0 Å². The molecule has 0 atom stereocenters. The van der Waals surface area contributed by atoms with Crippen molar-refractivity contribution in [3.05, 3.63) is 23.8 Å². The van der Waals surface area contributed by atoms with Gasteiger partial charge >= 0.3 is 0 Å². The fourth-order valence-electron chi connectivity index (χ4n) is 0.863. The highest BCUT2D eigenvalue weighted by atomic mass is 16.5. The van der Waals surface area contributed by atoms with Crippen LogP contribution >= 0.6 is 0 Å². The van der Waals surface area contributed by atoms with Crippen LogP contribution in [0.5, 0.6) is 0 Å². The van der Waals surface area contributed by atoms with Crippen molar-refractivity contribution in [2.75, 3.05) is 13.2 Å². The van der Waals surface area contributed by atoms with Gasteiger partial charge in [-0.3, -0.25) is 4.79 Å². The molecule has 0 saturated carbocycles. The van der Waals surface area contributed by atoms with Crippen molar-refractivity contribution in [1.29, 1.82) is 0 Å².